The van der Waals surface area contributed by atoms with Gasteiger partial charge in [0.15, 0.2) is 0 Å². The van der Waals surface area contributed by atoms with Crippen molar-refractivity contribution in [2.45, 2.75) is 40.2 Å². The van der Waals surface area contributed by atoms with E-state index in [0.717, 1.165) is 37.4 Å². The number of rotatable bonds is 6. The summed E-state index contributed by atoms with van der Waals surface area (Å²) >= 11 is 0. The van der Waals surface area contributed by atoms with Gasteiger partial charge in [-0.25, -0.2) is 0 Å². The van der Waals surface area contributed by atoms with Gasteiger partial charge in [0, 0.05) is 24.6 Å². The highest BCUT2D eigenvalue weighted by molar-refractivity contribution is 5.83. The minimum Gasteiger partial charge on any atom is -0.316 e. The third-order valence-corrected chi connectivity index (χ3v) is 3.96. The summed E-state index contributed by atoms with van der Waals surface area (Å²) in [6.45, 7) is 9.03. The molecule has 0 aromatic carbocycles. The molecular weight excluding hydrogens is 226 g/mol. The third-order valence-electron chi connectivity index (χ3n) is 3.96. The van der Waals surface area contributed by atoms with Crippen molar-refractivity contribution in [2.75, 3.05) is 13.1 Å². The van der Waals surface area contributed by atoms with Crippen LogP contribution in [0, 0.1) is 11.8 Å². The maximum Gasteiger partial charge on any atom is 0.141 e. The summed E-state index contributed by atoms with van der Waals surface area (Å²) in [5.41, 5.74) is 2.15. The molecule has 0 saturated carbocycles. The standard InChI is InChI=1S/C14H23N3O/c1-4-12-6-13(17(5-2)16-12)7-14(18)10(3)11-8-15-9-11/h6,10-11,15H,4-5,7-9H2,1-3H3. The number of Topliss-reactive ketones (excluding diaryl/α,β-unsaturated/α-hetero) is 1. The lowest BCUT2D eigenvalue weighted by Gasteiger charge is -2.31. The minimum absolute atomic E-state index is 0.163. The second-order valence-electron chi connectivity index (χ2n) is 5.15. The molecule has 18 heavy (non-hydrogen) atoms. The SMILES string of the molecule is CCc1cc(CC(=O)C(C)C2CNC2)n(CC)n1. The molecule has 4 heteroatoms. The summed E-state index contributed by atoms with van der Waals surface area (Å²) in [5, 5.41) is 7.72. The molecule has 0 spiro atoms. The fourth-order valence-electron chi connectivity index (χ4n) is 2.37. The van der Waals surface area contributed by atoms with Gasteiger partial charge in [-0.3, -0.25) is 9.48 Å². The van der Waals surface area contributed by atoms with Gasteiger partial charge in [-0.2, -0.15) is 5.10 Å². The second-order valence-corrected chi connectivity index (χ2v) is 5.15. The number of carbonyl (C=O) groups excluding carboxylic acids is 1. The van der Waals surface area contributed by atoms with Crippen LogP contribution in [0.15, 0.2) is 6.07 Å². The maximum absolute atomic E-state index is 12.2. The quantitative estimate of drug-likeness (QED) is 0.829. The first kappa shape index (κ1) is 13.3. The van der Waals surface area contributed by atoms with Gasteiger partial charge in [-0.1, -0.05) is 13.8 Å². The van der Waals surface area contributed by atoms with E-state index in [1.165, 1.54) is 0 Å². The molecule has 100 valence electrons. The zero-order valence-corrected chi connectivity index (χ0v) is 11.6. The van der Waals surface area contributed by atoms with E-state index in [-0.39, 0.29) is 5.92 Å². The van der Waals surface area contributed by atoms with Gasteiger partial charge in [0.25, 0.3) is 0 Å². The van der Waals surface area contributed by atoms with Crippen molar-refractivity contribution >= 4 is 5.78 Å². The molecule has 4 nitrogen and oxygen atoms in total. The summed E-state index contributed by atoms with van der Waals surface area (Å²) in [6.07, 6.45) is 1.45. The Morgan fingerprint density at radius 3 is 2.78 bits per heavy atom. The molecule has 1 fully saturated rings. The van der Waals surface area contributed by atoms with E-state index in [0.29, 0.717) is 18.1 Å². The molecule has 1 aromatic heterocycles. The van der Waals surface area contributed by atoms with Crippen molar-refractivity contribution in [3.05, 3.63) is 17.5 Å². The van der Waals surface area contributed by atoms with Crippen LogP contribution in [0.25, 0.3) is 0 Å². The van der Waals surface area contributed by atoms with Gasteiger partial charge in [0.1, 0.15) is 5.78 Å². The average molecular weight is 249 g/mol. The fourth-order valence-corrected chi connectivity index (χ4v) is 2.37. The molecule has 0 aliphatic carbocycles. The highest BCUT2D eigenvalue weighted by atomic mass is 16.1. The largest absolute Gasteiger partial charge is 0.316 e. The van der Waals surface area contributed by atoms with Crippen molar-refractivity contribution in [3.63, 3.8) is 0 Å². The summed E-state index contributed by atoms with van der Waals surface area (Å²) in [6, 6.07) is 2.08. The van der Waals surface area contributed by atoms with E-state index < -0.39 is 0 Å². The number of aromatic nitrogens is 2. The van der Waals surface area contributed by atoms with Crippen LogP contribution >= 0.6 is 0 Å². The van der Waals surface area contributed by atoms with Crippen LogP contribution in [0.1, 0.15) is 32.2 Å². The topological polar surface area (TPSA) is 46.9 Å². The third kappa shape index (κ3) is 2.64. The van der Waals surface area contributed by atoms with Gasteiger partial charge < -0.3 is 5.32 Å². The lowest BCUT2D eigenvalue weighted by atomic mass is 9.84. The van der Waals surface area contributed by atoms with Crippen molar-refractivity contribution in [1.82, 2.24) is 15.1 Å². The predicted octanol–water partition coefficient (Wildman–Crippen LogP) is 1.43. The molecule has 1 N–H and O–H groups in total. The normalized spacial score (nSPS) is 17.5. The number of ketones is 1. The molecule has 1 aromatic rings. The number of nitrogens with one attached hydrogen (secondary N) is 1. The molecule has 2 rings (SSSR count). The van der Waals surface area contributed by atoms with Crippen LogP contribution in [0.4, 0.5) is 0 Å². The zero-order valence-electron chi connectivity index (χ0n) is 11.6. The molecule has 1 aliphatic rings. The summed E-state index contributed by atoms with van der Waals surface area (Å²) < 4.78 is 1.96. The lowest BCUT2D eigenvalue weighted by Crippen LogP contribution is -2.47. The van der Waals surface area contributed by atoms with Crippen molar-refractivity contribution < 1.29 is 4.79 Å². The molecule has 0 radical (unpaired) electrons. The summed E-state index contributed by atoms with van der Waals surface area (Å²) in [5.74, 6) is 1.04. The van der Waals surface area contributed by atoms with Gasteiger partial charge in [0.05, 0.1) is 5.69 Å². The van der Waals surface area contributed by atoms with Crippen LogP contribution in [0.3, 0.4) is 0 Å². The molecule has 1 unspecified atom stereocenters. The Kier molecular flexibility index (Phi) is 4.17. The Morgan fingerprint density at radius 2 is 2.28 bits per heavy atom. The molecule has 0 amide bonds. The number of hydrogen-bond donors (Lipinski definition) is 1. The first-order valence-electron chi connectivity index (χ1n) is 6.94. The molecule has 1 atom stereocenters. The Balaban J connectivity index is 2.03. The molecule has 0 bridgehead atoms. The van der Waals surface area contributed by atoms with Crippen molar-refractivity contribution in [1.29, 1.82) is 0 Å². The average Bonchev–Trinajstić information content (AvgIpc) is 2.69. The van der Waals surface area contributed by atoms with E-state index in [2.05, 4.69) is 37.3 Å². The van der Waals surface area contributed by atoms with E-state index >= 15 is 0 Å². The molecule has 1 aliphatic heterocycles. The van der Waals surface area contributed by atoms with Gasteiger partial charge >= 0.3 is 0 Å². The first-order chi connectivity index (χ1) is 8.65. The fraction of sp³-hybridized carbons (Fsp3) is 0.714. The Bertz CT molecular complexity index is 421. The van der Waals surface area contributed by atoms with Crippen molar-refractivity contribution in [3.8, 4) is 0 Å². The summed E-state index contributed by atoms with van der Waals surface area (Å²) in [7, 11) is 0. The van der Waals surface area contributed by atoms with Crippen molar-refractivity contribution in [2.24, 2.45) is 11.8 Å². The lowest BCUT2D eigenvalue weighted by molar-refractivity contribution is -0.123. The number of nitrogens with zero attached hydrogens (tertiary/aromatic N) is 2. The zero-order chi connectivity index (χ0) is 13.1. The maximum atomic E-state index is 12.2. The molecule has 1 saturated heterocycles. The second kappa shape index (κ2) is 5.65. The van der Waals surface area contributed by atoms with E-state index in [1.807, 2.05) is 4.68 Å². The number of carbonyl (C=O) groups is 1. The van der Waals surface area contributed by atoms with E-state index in [1.54, 1.807) is 0 Å². The Hall–Kier alpha value is -1.16. The van der Waals surface area contributed by atoms with Crippen LogP contribution in [-0.4, -0.2) is 28.7 Å². The van der Waals surface area contributed by atoms with Crippen LogP contribution in [-0.2, 0) is 24.2 Å². The number of hydrogen-bond acceptors (Lipinski definition) is 3. The highest BCUT2D eigenvalue weighted by Crippen LogP contribution is 2.19. The van der Waals surface area contributed by atoms with E-state index in [9.17, 15) is 4.79 Å². The van der Waals surface area contributed by atoms with Crippen LogP contribution in [0.2, 0.25) is 0 Å². The predicted molar refractivity (Wildman–Crippen MR) is 71.5 cm³/mol. The minimum atomic E-state index is 0.163. The molecular formula is C14H23N3O. The first-order valence-corrected chi connectivity index (χ1v) is 6.94. The molecule has 2 heterocycles. The van der Waals surface area contributed by atoms with Gasteiger partial charge in [0.2, 0.25) is 0 Å². The number of aryl methyl sites for hydroxylation is 2. The monoisotopic (exact) mass is 249 g/mol. The Labute approximate surface area is 109 Å². The highest BCUT2D eigenvalue weighted by Gasteiger charge is 2.29. The Morgan fingerprint density at radius 1 is 1.56 bits per heavy atom. The summed E-state index contributed by atoms with van der Waals surface area (Å²) in [4.78, 5) is 12.2. The van der Waals surface area contributed by atoms with Gasteiger partial charge in [-0.05, 0) is 38.4 Å². The van der Waals surface area contributed by atoms with Crippen LogP contribution in [0.5, 0.6) is 0 Å². The van der Waals surface area contributed by atoms with Gasteiger partial charge in [-0.15, -0.1) is 0 Å². The van der Waals surface area contributed by atoms with Crippen LogP contribution < -0.4 is 5.32 Å². The van der Waals surface area contributed by atoms with E-state index in [4.69, 9.17) is 0 Å². The smallest absolute Gasteiger partial charge is 0.141 e.